The van der Waals surface area contributed by atoms with Crippen molar-refractivity contribution < 1.29 is 4.74 Å². The molecule has 26 heavy (non-hydrogen) atoms. The van der Waals surface area contributed by atoms with Crippen LogP contribution in [-0.2, 0) is 4.74 Å². The van der Waals surface area contributed by atoms with Crippen molar-refractivity contribution in [1.82, 2.24) is 15.5 Å². The van der Waals surface area contributed by atoms with E-state index in [1.165, 1.54) is 18.4 Å². The van der Waals surface area contributed by atoms with Crippen molar-refractivity contribution in [3.05, 3.63) is 34.9 Å². The molecule has 5 nitrogen and oxygen atoms in total. The van der Waals surface area contributed by atoms with E-state index in [1.807, 2.05) is 12.1 Å². The number of piperidine rings is 1. The molecule has 0 spiro atoms. The van der Waals surface area contributed by atoms with E-state index < -0.39 is 0 Å². The number of nitrogens with one attached hydrogen (secondary N) is 2. The average molecular weight is 495 g/mol. The summed E-state index contributed by atoms with van der Waals surface area (Å²) in [5, 5.41) is 7.42. The molecule has 2 rings (SSSR count). The molecule has 1 fully saturated rings. The van der Waals surface area contributed by atoms with E-state index in [2.05, 4.69) is 41.6 Å². The molecule has 1 saturated heterocycles. The smallest absolute Gasteiger partial charge is 0.191 e. The molecule has 0 radical (unpaired) electrons. The van der Waals surface area contributed by atoms with E-state index in [-0.39, 0.29) is 24.0 Å². The largest absolute Gasteiger partial charge is 0.383 e. The van der Waals surface area contributed by atoms with Gasteiger partial charge in [0.1, 0.15) is 0 Å². The van der Waals surface area contributed by atoms with Crippen LogP contribution in [0.5, 0.6) is 0 Å². The monoisotopic (exact) mass is 494 g/mol. The first-order valence-electron chi connectivity index (χ1n) is 9.12. The molecule has 7 heteroatoms. The maximum atomic E-state index is 6.22. The minimum absolute atomic E-state index is 0. The van der Waals surface area contributed by atoms with Crippen LogP contribution in [0, 0.1) is 5.92 Å². The van der Waals surface area contributed by atoms with Gasteiger partial charge < -0.3 is 15.4 Å². The highest BCUT2D eigenvalue weighted by atomic mass is 127. The summed E-state index contributed by atoms with van der Waals surface area (Å²) in [5.41, 5.74) is 1.28. The SMILES string of the molecule is CCNC(=NCC1CCCN(C)C1c1cccc(Cl)c1)NCCOC.I. The zero-order valence-corrected chi connectivity index (χ0v) is 19.1. The van der Waals surface area contributed by atoms with Gasteiger partial charge in [-0.3, -0.25) is 9.89 Å². The Morgan fingerprint density at radius 2 is 2.19 bits per heavy atom. The minimum atomic E-state index is 0. The van der Waals surface area contributed by atoms with Gasteiger partial charge in [0, 0.05) is 37.8 Å². The lowest BCUT2D eigenvalue weighted by atomic mass is 9.85. The maximum Gasteiger partial charge on any atom is 0.191 e. The van der Waals surface area contributed by atoms with Crippen molar-refractivity contribution in [2.45, 2.75) is 25.8 Å². The van der Waals surface area contributed by atoms with E-state index in [0.717, 1.165) is 37.2 Å². The Hall–Kier alpha value is -0.570. The minimum Gasteiger partial charge on any atom is -0.383 e. The Balaban J connectivity index is 0.00000338. The third-order valence-corrected chi connectivity index (χ3v) is 4.86. The number of nitrogens with zero attached hydrogens (tertiary/aromatic N) is 2. The van der Waals surface area contributed by atoms with Crippen molar-refractivity contribution in [3.8, 4) is 0 Å². The van der Waals surface area contributed by atoms with Gasteiger partial charge in [0.15, 0.2) is 5.96 Å². The van der Waals surface area contributed by atoms with E-state index in [4.69, 9.17) is 21.3 Å². The molecule has 0 saturated carbocycles. The topological polar surface area (TPSA) is 48.9 Å². The number of ether oxygens (including phenoxy) is 1. The highest BCUT2D eigenvalue weighted by Crippen LogP contribution is 2.36. The quantitative estimate of drug-likeness (QED) is 0.263. The van der Waals surface area contributed by atoms with Crippen LogP contribution in [0.2, 0.25) is 5.02 Å². The molecular weight excluding hydrogens is 463 g/mol. The Labute approximate surface area is 179 Å². The highest BCUT2D eigenvalue weighted by molar-refractivity contribution is 14.0. The van der Waals surface area contributed by atoms with Gasteiger partial charge in [-0.1, -0.05) is 23.7 Å². The number of likely N-dealkylation sites (tertiary alicyclic amines) is 1. The number of methoxy groups -OCH3 is 1. The molecular formula is C19H32ClIN4O. The lowest BCUT2D eigenvalue weighted by Crippen LogP contribution is -2.41. The van der Waals surface area contributed by atoms with Gasteiger partial charge >= 0.3 is 0 Å². The summed E-state index contributed by atoms with van der Waals surface area (Å²) in [6.07, 6.45) is 2.39. The third kappa shape index (κ3) is 7.21. The molecule has 0 bridgehead atoms. The molecule has 2 atom stereocenters. The van der Waals surface area contributed by atoms with Gasteiger partial charge in [-0.2, -0.15) is 0 Å². The van der Waals surface area contributed by atoms with Crippen molar-refractivity contribution >= 4 is 41.5 Å². The van der Waals surface area contributed by atoms with Gasteiger partial charge in [-0.25, -0.2) is 0 Å². The van der Waals surface area contributed by atoms with E-state index in [0.29, 0.717) is 18.6 Å². The van der Waals surface area contributed by atoms with Crippen molar-refractivity contribution in [1.29, 1.82) is 0 Å². The van der Waals surface area contributed by atoms with Gasteiger partial charge in [0.2, 0.25) is 0 Å². The van der Waals surface area contributed by atoms with Crippen LogP contribution in [0.15, 0.2) is 29.3 Å². The first kappa shape index (κ1) is 23.5. The number of aliphatic imine (C=N–C) groups is 1. The van der Waals surface area contributed by atoms with Crippen LogP contribution in [0.25, 0.3) is 0 Å². The lowest BCUT2D eigenvalue weighted by molar-refractivity contribution is 0.125. The molecule has 1 heterocycles. The molecule has 0 aliphatic carbocycles. The van der Waals surface area contributed by atoms with Crippen molar-refractivity contribution in [2.75, 3.05) is 46.9 Å². The van der Waals surface area contributed by atoms with E-state index in [9.17, 15) is 0 Å². The van der Waals surface area contributed by atoms with Gasteiger partial charge in [0.25, 0.3) is 0 Å². The Kier molecular flexibility index (Phi) is 11.5. The predicted octanol–water partition coefficient (Wildman–Crippen LogP) is 3.54. The number of benzene rings is 1. The van der Waals surface area contributed by atoms with Crippen LogP contribution in [0.3, 0.4) is 0 Å². The summed E-state index contributed by atoms with van der Waals surface area (Å²) in [6, 6.07) is 8.60. The molecule has 2 N–H and O–H groups in total. The number of guanidine groups is 1. The molecule has 148 valence electrons. The Bertz CT molecular complexity index is 558. The zero-order valence-electron chi connectivity index (χ0n) is 16.0. The van der Waals surface area contributed by atoms with Crippen molar-refractivity contribution in [3.63, 3.8) is 0 Å². The molecule has 2 unspecified atom stereocenters. The van der Waals surface area contributed by atoms with Crippen LogP contribution < -0.4 is 10.6 Å². The fourth-order valence-electron chi connectivity index (χ4n) is 3.49. The maximum absolute atomic E-state index is 6.22. The van der Waals surface area contributed by atoms with Gasteiger partial charge in [-0.05, 0) is 57.0 Å². The molecule has 1 aromatic rings. The third-order valence-electron chi connectivity index (χ3n) is 4.62. The molecule has 1 aromatic carbocycles. The average Bonchev–Trinajstić information content (AvgIpc) is 2.60. The molecule has 0 amide bonds. The van der Waals surface area contributed by atoms with Crippen LogP contribution in [0.4, 0.5) is 0 Å². The van der Waals surface area contributed by atoms with Crippen LogP contribution >= 0.6 is 35.6 Å². The van der Waals surface area contributed by atoms with Gasteiger partial charge in [0.05, 0.1) is 6.61 Å². The van der Waals surface area contributed by atoms with E-state index in [1.54, 1.807) is 7.11 Å². The zero-order chi connectivity index (χ0) is 18.1. The second-order valence-corrected chi connectivity index (χ2v) is 6.96. The summed E-state index contributed by atoms with van der Waals surface area (Å²) in [4.78, 5) is 7.25. The second kappa shape index (κ2) is 12.8. The summed E-state index contributed by atoms with van der Waals surface area (Å²) in [5.74, 6) is 1.34. The molecule has 0 aromatic heterocycles. The van der Waals surface area contributed by atoms with Gasteiger partial charge in [-0.15, -0.1) is 24.0 Å². The Morgan fingerprint density at radius 1 is 1.38 bits per heavy atom. The second-order valence-electron chi connectivity index (χ2n) is 6.52. The van der Waals surface area contributed by atoms with Crippen molar-refractivity contribution in [2.24, 2.45) is 10.9 Å². The van der Waals surface area contributed by atoms with Crippen LogP contribution in [0.1, 0.15) is 31.4 Å². The summed E-state index contributed by atoms with van der Waals surface area (Å²) in [6.45, 7) is 6.26. The summed E-state index contributed by atoms with van der Waals surface area (Å²) in [7, 11) is 3.91. The van der Waals surface area contributed by atoms with Crippen LogP contribution in [-0.4, -0.2) is 57.8 Å². The fourth-order valence-corrected chi connectivity index (χ4v) is 3.69. The molecule has 1 aliphatic rings. The number of halogens is 2. The Morgan fingerprint density at radius 3 is 2.88 bits per heavy atom. The summed E-state index contributed by atoms with van der Waals surface area (Å²) < 4.78 is 5.10. The number of rotatable bonds is 7. The highest BCUT2D eigenvalue weighted by Gasteiger charge is 2.30. The summed E-state index contributed by atoms with van der Waals surface area (Å²) >= 11 is 6.22. The molecule has 1 aliphatic heterocycles. The predicted molar refractivity (Wildman–Crippen MR) is 121 cm³/mol. The standard InChI is InChI=1S/C19H31ClN4O.HI/c1-4-21-19(22-10-12-25-3)23-14-16-8-6-11-24(2)18(16)15-7-5-9-17(20)13-15;/h5,7,9,13,16,18H,4,6,8,10-12,14H2,1-3H3,(H2,21,22,23);1H. The first-order valence-corrected chi connectivity index (χ1v) is 9.50. The van der Waals surface area contributed by atoms with E-state index >= 15 is 0 Å². The number of hydrogen-bond donors (Lipinski definition) is 2. The normalized spacial score (nSPS) is 21.2. The first-order chi connectivity index (χ1) is 12.2. The fraction of sp³-hybridized carbons (Fsp3) is 0.632. The number of hydrogen-bond acceptors (Lipinski definition) is 3. The lowest BCUT2D eigenvalue weighted by Gasteiger charge is -2.39.